The van der Waals surface area contributed by atoms with Gasteiger partial charge in [-0.3, -0.25) is 0 Å². The zero-order chi connectivity index (χ0) is 10.7. The Morgan fingerprint density at radius 1 is 0.933 bits per heavy atom. The molecule has 0 atom stereocenters. The zero-order valence-corrected chi connectivity index (χ0v) is 10.3. The van der Waals surface area contributed by atoms with Crippen LogP contribution in [0.2, 0.25) is 0 Å². The quantitative estimate of drug-likeness (QED) is 0.736. The van der Waals surface area contributed by atoms with Gasteiger partial charge in [0.2, 0.25) is 0 Å². The summed E-state index contributed by atoms with van der Waals surface area (Å²) in [5.74, 6) is 0. The second kappa shape index (κ2) is 4.63. The molecule has 0 saturated carbocycles. The van der Waals surface area contributed by atoms with E-state index in [1.165, 1.54) is 21.2 Å². The fraction of sp³-hybridized carbons (Fsp3) is 0.143. The lowest BCUT2D eigenvalue weighted by molar-refractivity contribution is 1.13. The van der Waals surface area contributed by atoms with Gasteiger partial charge in [0, 0.05) is 4.47 Å². The van der Waals surface area contributed by atoms with Crippen LogP contribution < -0.4 is 0 Å². The van der Waals surface area contributed by atoms with E-state index in [4.69, 9.17) is 0 Å². The van der Waals surface area contributed by atoms with Gasteiger partial charge in [0.25, 0.3) is 0 Å². The average Bonchev–Trinajstić information content (AvgIpc) is 2.31. The maximum absolute atomic E-state index is 3.56. The van der Waals surface area contributed by atoms with E-state index in [1.807, 2.05) is 6.07 Å². The molecule has 0 spiro atoms. The van der Waals surface area contributed by atoms with Crippen LogP contribution in [0.15, 0.2) is 53.0 Å². The summed E-state index contributed by atoms with van der Waals surface area (Å²) in [5, 5.41) is 0. The average molecular weight is 261 g/mol. The van der Waals surface area contributed by atoms with Gasteiger partial charge >= 0.3 is 0 Å². The number of hydrogen-bond acceptors (Lipinski definition) is 0. The Morgan fingerprint density at radius 2 is 1.67 bits per heavy atom. The lowest BCUT2D eigenvalue weighted by Crippen LogP contribution is -1.84. The van der Waals surface area contributed by atoms with Crippen molar-refractivity contribution in [1.82, 2.24) is 0 Å². The van der Waals surface area contributed by atoms with Crippen molar-refractivity contribution in [1.29, 1.82) is 0 Å². The number of aryl methyl sites for hydroxylation is 1. The highest BCUT2D eigenvalue weighted by molar-refractivity contribution is 9.10. The molecule has 0 saturated heterocycles. The highest BCUT2D eigenvalue weighted by atomic mass is 79.9. The van der Waals surface area contributed by atoms with Crippen molar-refractivity contribution >= 4 is 15.9 Å². The highest BCUT2D eigenvalue weighted by Crippen LogP contribution is 2.25. The summed E-state index contributed by atoms with van der Waals surface area (Å²) in [6.45, 7) is 2.18. The highest BCUT2D eigenvalue weighted by Gasteiger charge is 2.01. The molecule has 0 aromatic heterocycles. The SMILES string of the molecule is CCc1cc(-c2ccccc2)ccc1Br. The summed E-state index contributed by atoms with van der Waals surface area (Å²) in [6, 6.07) is 17.0. The molecule has 0 heterocycles. The number of rotatable bonds is 2. The summed E-state index contributed by atoms with van der Waals surface area (Å²) in [4.78, 5) is 0. The Morgan fingerprint density at radius 3 is 2.33 bits per heavy atom. The summed E-state index contributed by atoms with van der Waals surface area (Å²) in [5.41, 5.74) is 3.92. The third-order valence-electron chi connectivity index (χ3n) is 2.53. The Hall–Kier alpha value is -1.08. The van der Waals surface area contributed by atoms with E-state index in [9.17, 15) is 0 Å². The number of halogens is 1. The first-order valence-electron chi connectivity index (χ1n) is 5.15. The molecule has 2 rings (SSSR count). The van der Waals surface area contributed by atoms with Gasteiger partial charge in [0.15, 0.2) is 0 Å². The smallest absolute Gasteiger partial charge is 0.0207 e. The lowest BCUT2D eigenvalue weighted by atomic mass is 10.0. The van der Waals surface area contributed by atoms with Crippen molar-refractivity contribution in [3.05, 3.63) is 58.6 Å². The zero-order valence-electron chi connectivity index (χ0n) is 8.70. The van der Waals surface area contributed by atoms with Crippen LogP contribution in [0.5, 0.6) is 0 Å². The van der Waals surface area contributed by atoms with Gasteiger partial charge in [-0.25, -0.2) is 0 Å². The molecular formula is C14H13Br. The molecule has 15 heavy (non-hydrogen) atoms. The van der Waals surface area contributed by atoms with Crippen molar-refractivity contribution in [2.24, 2.45) is 0 Å². The van der Waals surface area contributed by atoms with E-state index in [1.54, 1.807) is 0 Å². The Labute approximate surface area is 99.1 Å². The molecular weight excluding hydrogens is 248 g/mol. The molecule has 0 N–H and O–H groups in total. The van der Waals surface area contributed by atoms with Crippen molar-refractivity contribution in [2.75, 3.05) is 0 Å². The van der Waals surface area contributed by atoms with Gasteiger partial charge in [0.1, 0.15) is 0 Å². The molecule has 0 fully saturated rings. The standard InChI is InChI=1S/C14H13Br/c1-2-11-10-13(8-9-14(11)15)12-6-4-3-5-7-12/h3-10H,2H2,1H3. The maximum atomic E-state index is 3.56. The molecule has 2 aromatic carbocycles. The van der Waals surface area contributed by atoms with E-state index >= 15 is 0 Å². The second-order valence-corrected chi connectivity index (χ2v) is 4.38. The monoisotopic (exact) mass is 260 g/mol. The molecule has 0 aliphatic heterocycles. The van der Waals surface area contributed by atoms with Crippen LogP contribution in [0, 0.1) is 0 Å². The van der Waals surface area contributed by atoms with Gasteiger partial charge < -0.3 is 0 Å². The van der Waals surface area contributed by atoms with Crippen LogP contribution in [0.1, 0.15) is 12.5 Å². The van der Waals surface area contributed by atoms with Gasteiger partial charge in [-0.05, 0) is 29.2 Å². The fourth-order valence-corrected chi connectivity index (χ4v) is 2.18. The van der Waals surface area contributed by atoms with Gasteiger partial charge in [-0.15, -0.1) is 0 Å². The number of hydrogen-bond donors (Lipinski definition) is 0. The van der Waals surface area contributed by atoms with Gasteiger partial charge in [-0.2, -0.15) is 0 Å². The predicted molar refractivity (Wildman–Crippen MR) is 69.0 cm³/mol. The maximum Gasteiger partial charge on any atom is 0.0207 e. The molecule has 0 amide bonds. The topological polar surface area (TPSA) is 0 Å². The first-order valence-corrected chi connectivity index (χ1v) is 5.94. The Bertz CT molecular complexity index is 446. The Balaban J connectivity index is 2.46. The largest absolute Gasteiger partial charge is 0.0622 e. The van der Waals surface area contributed by atoms with Crippen molar-refractivity contribution in [3.8, 4) is 11.1 Å². The minimum Gasteiger partial charge on any atom is -0.0622 e. The minimum atomic E-state index is 1.06. The lowest BCUT2D eigenvalue weighted by Gasteiger charge is -2.06. The molecule has 0 bridgehead atoms. The molecule has 1 heteroatoms. The van der Waals surface area contributed by atoms with E-state index < -0.39 is 0 Å². The van der Waals surface area contributed by atoms with Crippen molar-refractivity contribution < 1.29 is 0 Å². The fourth-order valence-electron chi connectivity index (χ4n) is 1.66. The van der Waals surface area contributed by atoms with Gasteiger partial charge in [0.05, 0.1) is 0 Å². The first kappa shape index (κ1) is 10.4. The summed E-state index contributed by atoms with van der Waals surface area (Å²) < 4.78 is 1.20. The summed E-state index contributed by atoms with van der Waals surface area (Å²) >= 11 is 3.56. The van der Waals surface area contributed by atoms with Crippen LogP contribution in [-0.4, -0.2) is 0 Å². The molecule has 0 aliphatic rings. The minimum absolute atomic E-state index is 1.06. The normalized spacial score (nSPS) is 10.3. The van der Waals surface area contributed by atoms with E-state index in [2.05, 4.69) is 65.3 Å². The number of benzene rings is 2. The van der Waals surface area contributed by atoms with E-state index in [0.717, 1.165) is 6.42 Å². The van der Waals surface area contributed by atoms with Crippen LogP contribution in [0.25, 0.3) is 11.1 Å². The molecule has 0 nitrogen and oxygen atoms in total. The van der Waals surface area contributed by atoms with Crippen LogP contribution in [-0.2, 0) is 6.42 Å². The van der Waals surface area contributed by atoms with E-state index in [0.29, 0.717) is 0 Å². The van der Waals surface area contributed by atoms with Crippen LogP contribution in [0.4, 0.5) is 0 Å². The Kier molecular flexibility index (Phi) is 3.22. The van der Waals surface area contributed by atoms with Crippen LogP contribution >= 0.6 is 15.9 Å². The first-order chi connectivity index (χ1) is 7.31. The molecule has 0 radical (unpaired) electrons. The second-order valence-electron chi connectivity index (χ2n) is 3.53. The molecule has 2 aromatic rings. The molecule has 0 aliphatic carbocycles. The summed E-state index contributed by atoms with van der Waals surface area (Å²) in [6.07, 6.45) is 1.06. The third kappa shape index (κ3) is 2.29. The van der Waals surface area contributed by atoms with Crippen LogP contribution in [0.3, 0.4) is 0 Å². The van der Waals surface area contributed by atoms with Crippen molar-refractivity contribution in [3.63, 3.8) is 0 Å². The molecule has 0 unspecified atom stereocenters. The van der Waals surface area contributed by atoms with Crippen molar-refractivity contribution in [2.45, 2.75) is 13.3 Å². The van der Waals surface area contributed by atoms with E-state index in [-0.39, 0.29) is 0 Å². The van der Waals surface area contributed by atoms with Gasteiger partial charge in [-0.1, -0.05) is 65.3 Å². The third-order valence-corrected chi connectivity index (χ3v) is 3.31. The predicted octanol–water partition coefficient (Wildman–Crippen LogP) is 4.68. The summed E-state index contributed by atoms with van der Waals surface area (Å²) in [7, 11) is 0. The molecule has 76 valence electrons.